The molecule has 0 aliphatic carbocycles. The smallest absolute Gasteiger partial charge is 0.328 e. The maximum Gasteiger partial charge on any atom is 0.328 e. The summed E-state index contributed by atoms with van der Waals surface area (Å²) in [5.41, 5.74) is 0.657. The number of carboxylic acid groups (broad SMARTS) is 1. The van der Waals surface area contributed by atoms with Crippen LogP contribution in [0.3, 0.4) is 0 Å². The molecule has 1 atom stereocenters. The molecular weight excluding hydrogens is 224 g/mol. The van der Waals surface area contributed by atoms with E-state index in [4.69, 9.17) is 14.3 Å². The number of hydrogen-bond donors (Lipinski definition) is 2. The Morgan fingerprint density at radius 1 is 1.65 bits per heavy atom. The van der Waals surface area contributed by atoms with Gasteiger partial charge in [-0.3, -0.25) is 0 Å². The number of carboxylic acids is 1. The van der Waals surface area contributed by atoms with Crippen LogP contribution in [0.5, 0.6) is 0 Å². The minimum atomic E-state index is -0.992. The third kappa shape index (κ3) is 2.36. The Labute approximate surface area is 97.2 Å². The molecule has 1 unspecified atom stereocenters. The van der Waals surface area contributed by atoms with Gasteiger partial charge in [0.1, 0.15) is 17.4 Å². The SMILES string of the molecule is COCC(Nc1nccc2occc12)C(=O)O. The summed E-state index contributed by atoms with van der Waals surface area (Å²) in [6.45, 7) is 0.0608. The van der Waals surface area contributed by atoms with Crippen molar-refractivity contribution in [2.75, 3.05) is 19.0 Å². The number of aromatic nitrogens is 1. The molecule has 17 heavy (non-hydrogen) atoms. The van der Waals surface area contributed by atoms with E-state index in [-0.39, 0.29) is 6.61 Å². The molecular formula is C11H12N2O4. The number of pyridine rings is 1. The lowest BCUT2D eigenvalue weighted by atomic mass is 10.2. The number of methoxy groups -OCH3 is 1. The summed E-state index contributed by atoms with van der Waals surface area (Å²) in [5.74, 6) is -0.519. The summed E-state index contributed by atoms with van der Waals surface area (Å²) >= 11 is 0. The molecule has 0 spiro atoms. The van der Waals surface area contributed by atoms with Crippen LogP contribution in [0.4, 0.5) is 5.82 Å². The fourth-order valence-electron chi connectivity index (χ4n) is 1.52. The second kappa shape index (κ2) is 4.84. The minimum Gasteiger partial charge on any atom is -0.480 e. The van der Waals surface area contributed by atoms with Crippen LogP contribution in [-0.4, -0.2) is 35.8 Å². The number of nitrogens with one attached hydrogen (secondary N) is 1. The summed E-state index contributed by atoms with van der Waals surface area (Å²) in [6.07, 6.45) is 3.09. The van der Waals surface area contributed by atoms with Gasteiger partial charge in [-0.2, -0.15) is 0 Å². The van der Waals surface area contributed by atoms with Crippen LogP contribution in [0.2, 0.25) is 0 Å². The van der Waals surface area contributed by atoms with Crippen molar-refractivity contribution in [1.29, 1.82) is 0 Å². The molecule has 6 heteroatoms. The lowest BCUT2D eigenvalue weighted by Crippen LogP contribution is -2.33. The van der Waals surface area contributed by atoms with Gasteiger partial charge in [-0.05, 0) is 12.1 Å². The predicted molar refractivity (Wildman–Crippen MR) is 60.9 cm³/mol. The Hall–Kier alpha value is -2.08. The van der Waals surface area contributed by atoms with Crippen molar-refractivity contribution in [3.8, 4) is 0 Å². The lowest BCUT2D eigenvalue weighted by Gasteiger charge is -2.14. The fourth-order valence-corrected chi connectivity index (χ4v) is 1.52. The van der Waals surface area contributed by atoms with Crippen LogP contribution in [0.15, 0.2) is 29.0 Å². The Bertz CT molecular complexity index is 523. The number of hydrogen-bond acceptors (Lipinski definition) is 5. The summed E-state index contributed by atoms with van der Waals surface area (Å²) in [7, 11) is 1.45. The van der Waals surface area contributed by atoms with Crippen molar-refractivity contribution in [1.82, 2.24) is 4.98 Å². The zero-order valence-electron chi connectivity index (χ0n) is 9.21. The minimum absolute atomic E-state index is 0.0608. The van der Waals surface area contributed by atoms with Crippen molar-refractivity contribution in [2.24, 2.45) is 0 Å². The molecule has 2 heterocycles. The van der Waals surface area contributed by atoms with Gasteiger partial charge in [0, 0.05) is 13.3 Å². The number of nitrogens with zero attached hydrogens (tertiary/aromatic N) is 1. The standard InChI is InChI=1S/C11H12N2O4/c1-16-6-8(11(14)15)13-10-7-3-5-17-9(7)2-4-12-10/h2-5,8H,6H2,1H3,(H,12,13)(H,14,15). The normalized spacial score (nSPS) is 12.5. The first-order valence-electron chi connectivity index (χ1n) is 5.03. The Kier molecular flexibility index (Phi) is 3.24. The second-order valence-electron chi connectivity index (χ2n) is 3.48. The molecule has 0 saturated heterocycles. The van der Waals surface area contributed by atoms with Crippen molar-refractivity contribution >= 4 is 22.8 Å². The number of fused-ring (bicyclic) bond motifs is 1. The molecule has 2 N–H and O–H groups in total. The summed E-state index contributed by atoms with van der Waals surface area (Å²) in [6, 6.07) is 2.61. The highest BCUT2D eigenvalue weighted by Crippen LogP contribution is 2.22. The number of furan rings is 1. The van der Waals surface area contributed by atoms with Crippen LogP contribution in [0.1, 0.15) is 0 Å². The van der Waals surface area contributed by atoms with E-state index in [1.54, 1.807) is 18.3 Å². The van der Waals surface area contributed by atoms with Gasteiger partial charge in [-0.1, -0.05) is 0 Å². The van der Waals surface area contributed by atoms with E-state index >= 15 is 0 Å². The molecule has 0 saturated carbocycles. The van der Waals surface area contributed by atoms with Gasteiger partial charge in [0.25, 0.3) is 0 Å². The third-order valence-electron chi connectivity index (χ3n) is 2.32. The Morgan fingerprint density at radius 3 is 3.18 bits per heavy atom. The number of ether oxygens (including phenoxy) is 1. The number of carbonyl (C=O) groups is 1. The maximum atomic E-state index is 11.0. The van der Waals surface area contributed by atoms with Gasteiger partial charge < -0.3 is 19.6 Å². The van der Waals surface area contributed by atoms with Crippen molar-refractivity contribution in [3.63, 3.8) is 0 Å². The highest BCUT2D eigenvalue weighted by molar-refractivity contribution is 5.90. The van der Waals surface area contributed by atoms with E-state index in [0.717, 1.165) is 5.39 Å². The lowest BCUT2D eigenvalue weighted by molar-refractivity contribution is -0.139. The Morgan fingerprint density at radius 2 is 2.47 bits per heavy atom. The number of anilines is 1. The monoisotopic (exact) mass is 236 g/mol. The predicted octanol–water partition coefficient (Wildman–Crippen LogP) is 1.34. The molecule has 0 aromatic carbocycles. The van der Waals surface area contributed by atoms with Crippen molar-refractivity contribution < 1.29 is 19.1 Å². The average Bonchev–Trinajstić information content (AvgIpc) is 2.77. The zero-order chi connectivity index (χ0) is 12.3. The van der Waals surface area contributed by atoms with Crippen molar-refractivity contribution in [2.45, 2.75) is 6.04 Å². The van der Waals surface area contributed by atoms with Crippen LogP contribution >= 0.6 is 0 Å². The molecule has 0 amide bonds. The third-order valence-corrected chi connectivity index (χ3v) is 2.32. The van der Waals surface area contributed by atoms with E-state index < -0.39 is 12.0 Å². The number of rotatable bonds is 5. The molecule has 0 bridgehead atoms. The van der Waals surface area contributed by atoms with Gasteiger partial charge in [-0.15, -0.1) is 0 Å². The van der Waals surface area contributed by atoms with Gasteiger partial charge in [-0.25, -0.2) is 9.78 Å². The largest absolute Gasteiger partial charge is 0.480 e. The first-order valence-corrected chi connectivity index (χ1v) is 5.03. The number of aliphatic carboxylic acids is 1. The van der Waals surface area contributed by atoms with E-state index in [1.807, 2.05) is 0 Å². The van der Waals surface area contributed by atoms with E-state index in [2.05, 4.69) is 10.3 Å². The molecule has 2 rings (SSSR count). The zero-order valence-corrected chi connectivity index (χ0v) is 9.21. The van der Waals surface area contributed by atoms with Crippen LogP contribution in [0, 0.1) is 0 Å². The van der Waals surface area contributed by atoms with E-state index in [9.17, 15) is 4.79 Å². The highest BCUT2D eigenvalue weighted by atomic mass is 16.5. The van der Waals surface area contributed by atoms with Crippen LogP contribution in [0.25, 0.3) is 11.0 Å². The van der Waals surface area contributed by atoms with Gasteiger partial charge in [0.15, 0.2) is 0 Å². The molecule has 0 aliphatic heterocycles. The van der Waals surface area contributed by atoms with E-state index in [1.165, 1.54) is 13.4 Å². The second-order valence-corrected chi connectivity index (χ2v) is 3.48. The summed E-state index contributed by atoms with van der Waals surface area (Å²) < 4.78 is 10.0. The van der Waals surface area contributed by atoms with Crippen molar-refractivity contribution in [3.05, 3.63) is 24.6 Å². The summed E-state index contributed by atoms with van der Waals surface area (Å²) in [5, 5.41) is 12.6. The molecule has 2 aromatic heterocycles. The quantitative estimate of drug-likeness (QED) is 0.814. The van der Waals surface area contributed by atoms with Crippen LogP contribution < -0.4 is 5.32 Å². The fraction of sp³-hybridized carbons (Fsp3) is 0.273. The highest BCUT2D eigenvalue weighted by Gasteiger charge is 2.18. The first kappa shape index (κ1) is 11.4. The molecule has 0 fully saturated rings. The molecule has 2 aromatic rings. The van der Waals surface area contributed by atoms with Gasteiger partial charge in [0.05, 0.1) is 18.3 Å². The van der Waals surface area contributed by atoms with Crippen LogP contribution in [-0.2, 0) is 9.53 Å². The molecule has 0 aliphatic rings. The summed E-state index contributed by atoms with van der Waals surface area (Å²) in [4.78, 5) is 15.1. The maximum absolute atomic E-state index is 11.0. The Balaban J connectivity index is 2.27. The van der Waals surface area contributed by atoms with Gasteiger partial charge in [0.2, 0.25) is 0 Å². The topological polar surface area (TPSA) is 84.6 Å². The molecule has 0 radical (unpaired) electrons. The molecule has 6 nitrogen and oxygen atoms in total. The van der Waals surface area contributed by atoms with E-state index in [0.29, 0.717) is 11.4 Å². The molecule has 90 valence electrons. The first-order chi connectivity index (χ1) is 8.22. The van der Waals surface area contributed by atoms with Gasteiger partial charge >= 0.3 is 5.97 Å². The average molecular weight is 236 g/mol.